The zero-order valence-corrected chi connectivity index (χ0v) is 11.6. The van der Waals surface area contributed by atoms with Crippen LogP contribution in [-0.2, 0) is 17.9 Å². The summed E-state index contributed by atoms with van der Waals surface area (Å²) in [5, 5.41) is 12.0. The molecule has 0 aliphatic heterocycles. The van der Waals surface area contributed by atoms with Gasteiger partial charge in [-0.25, -0.2) is 4.39 Å². The van der Waals surface area contributed by atoms with Gasteiger partial charge in [0.25, 0.3) is 0 Å². The zero-order valence-electron chi connectivity index (χ0n) is 11.6. The molecule has 1 heterocycles. The zero-order chi connectivity index (χ0) is 14.9. The van der Waals surface area contributed by atoms with E-state index in [1.165, 1.54) is 6.07 Å². The minimum absolute atomic E-state index is 0.0797. The van der Waals surface area contributed by atoms with E-state index in [0.29, 0.717) is 19.8 Å². The summed E-state index contributed by atoms with van der Waals surface area (Å²) in [6.45, 7) is 2.52. The van der Waals surface area contributed by atoms with Crippen LogP contribution < -0.4 is 5.32 Å². The van der Waals surface area contributed by atoms with Gasteiger partial charge in [0.05, 0.1) is 11.8 Å². The van der Waals surface area contributed by atoms with E-state index in [4.69, 9.17) is 14.4 Å². The van der Waals surface area contributed by atoms with Crippen LogP contribution in [0.3, 0.4) is 0 Å². The summed E-state index contributed by atoms with van der Waals surface area (Å²) in [5.41, 5.74) is 0.973. The number of hydrogen-bond donors (Lipinski definition) is 1. The normalized spacial score (nSPS) is 10.5. The number of rotatable bonds is 8. The van der Waals surface area contributed by atoms with Crippen molar-refractivity contribution in [2.24, 2.45) is 0 Å². The van der Waals surface area contributed by atoms with Gasteiger partial charge in [-0.05, 0) is 42.8 Å². The molecule has 110 valence electrons. The second-order valence-electron chi connectivity index (χ2n) is 4.59. The van der Waals surface area contributed by atoms with Gasteiger partial charge < -0.3 is 14.5 Å². The molecular formula is C16H17FN2O2. The van der Waals surface area contributed by atoms with Crippen LogP contribution in [0, 0.1) is 17.1 Å². The Bertz CT molecular complexity index is 591. The van der Waals surface area contributed by atoms with E-state index in [9.17, 15) is 4.39 Å². The molecule has 1 aromatic carbocycles. The second kappa shape index (κ2) is 8.20. The molecule has 0 amide bonds. The Balaban J connectivity index is 1.58. The van der Waals surface area contributed by atoms with Gasteiger partial charge in [-0.2, -0.15) is 5.26 Å². The summed E-state index contributed by atoms with van der Waals surface area (Å²) in [6.07, 6.45) is 2.49. The first-order chi connectivity index (χ1) is 10.3. The highest BCUT2D eigenvalue weighted by atomic mass is 19.1. The summed E-state index contributed by atoms with van der Waals surface area (Å²) >= 11 is 0. The molecule has 0 bridgehead atoms. The molecule has 1 N–H and O–H groups in total. The van der Waals surface area contributed by atoms with Gasteiger partial charge in [0.1, 0.15) is 24.3 Å². The van der Waals surface area contributed by atoms with E-state index >= 15 is 0 Å². The number of furan rings is 1. The van der Waals surface area contributed by atoms with Crippen LogP contribution in [-0.4, -0.2) is 13.2 Å². The average Bonchev–Trinajstić information content (AvgIpc) is 3.01. The van der Waals surface area contributed by atoms with E-state index in [0.717, 1.165) is 24.3 Å². The molecule has 2 rings (SSSR count). The van der Waals surface area contributed by atoms with Crippen molar-refractivity contribution < 1.29 is 13.5 Å². The van der Waals surface area contributed by atoms with Crippen molar-refractivity contribution in [3.05, 3.63) is 59.3 Å². The van der Waals surface area contributed by atoms with E-state index in [-0.39, 0.29) is 5.56 Å². The lowest BCUT2D eigenvalue weighted by molar-refractivity contribution is 0.104. The van der Waals surface area contributed by atoms with Gasteiger partial charge in [0.2, 0.25) is 0 Å². The monoisotopic (exact) mass is 288 g/mol. The van der Waals surface area contributed by atoms with Crippen LogP contribution >= 0.6 is 0 Å². The summed E-state index contributed by atoms with van der Waals surface area (Å²) in [5.74, 6) is 0.339. The Hall–Kier alpha value is -2.16. The van der Waals surface area contributed by atoms with Gasteiger partial charge in [0.15, 0.2) is 0 Å². The van der Waals surface area contributed by atoms with Crippen LogP contribution in [0.4, 0.5) is 4.39 Å². The molecule has 0 atom stereocenters. The third-order valence-electron chi connectivity index (χ3n) is 2.95. The van der Waals surface area contributed by atoms with E-state index in [2.05, 4.69) is 5.32 Å². The van der Waals surface area contributed by atoms with Gasteiger partial charge in [-0.15, -0.1) is 0 Å². The predicted molar refractivity (Wildman–Crippen MR) is 75.8 cm³/mol. The van der Waals surface area contributed by atoms with Crippen molar-refractivity contribution in [1.29, 1.82) is 5.26 Å². The van der Waals surface area contributed by atoms with E-state index < -0.39 is 5.82 Å². The fourth-order valence-corrected chi connectivity index (χ4v) is 1.87. The molecule has 0 unspecified atom stereocenters. The van der Waals surface area contributed by atoms with Crippen LogP contribution in [0.2, 0.25) is 0 Å². The Kier molecular flexibility index (Phi) is 5.95. The topological polar surface area (TPSA) is 58.2 Å². The van der Waals surface area contributed by atoms with Crippen molar-refractivity contribution in [3.63, 3.8) is 0 Å². The number of nitrogens with zero attached hydrogens (tertiary/aromatic N) is 1. The highest BCUT2D eigenvalue weighted by molar-refractivity contribution is 5.34. The van der Waals surface area contributed by atoms with Crippen LogP contribution in [0.1, 0.15) is 23.3 Å². The molecular weight excluding hydrogens is 271 g/mol. The molecule has 0 saturated heterocycles. The SMILES string of the molecule is N#Cc1cc(CNCCCOCc2ccco2)ccc1F. The molecule has 2 aromatic rings. The number of nitrogens with one attached hydrogen (secondary N) is 1. The molecule has 21 heavy (non-hydrogen) atoms. The molecule has 0 fully saturated rings. The fourth-order valence-electron chi connectivity index (χ4n) is 1.87. The molecule has 1 aromatic heterocycles. The maximum absolute atomic E-state index is 13.1. The van der Waals surface area contributed by atoms with Gasteiger partial charge in [-0.1, -0.05) is 6.07 Å². The first kappa shape index (κ1) is 15.2. The first-order valence-corrected chi connectivity index (χ1v) is 6.79. The van der Waals surface area contributed by atoms with Gasteiger partial charge >= 0.3 is 0 Å². The minimum atomic E-state index is -0.479. The summed E-state index contributed by atoms with van der Waals surface area (Å²) < 4.78 is 23.8. The van der Waals surface area contributed by atoms with Crippen LogP contribution in [0.15, 0.2) is 41.0 Å². The lowest BCUT2D eigenvalue weighted by Gasteiger charge is -2.06. The van der Waals surface area contributed by atoms with Crippen molar-refractivity contribution in [1.82, 2.24) is 5.32 Å². The molecule has 0 aliphatic carbocycles. The molecule has 0 aliphatic rings. The van der Waals surface area contributed by atoms with Crippen LogP contribution in [0.25, 0.3) is 0 Å². The second-order valence-corrected chi connectivity index (χ2v) is 4.59. The molecule has 0 radical (unpaired) electrons. The average molecular weight is 288 g/mol. The summed E-state index contributed by atoms with van der Waals surface area (Å²) in [6, 6.07) is 10.1. The number of ether oxygens (including phenoxy) is 1. The largest absolute Gasteiger partial charge is 0.467 e. The Morgan fingerprint density at radius 2 is 2.24 bits per heavy atom. The highest BCUT2D eigenvalue weighted by Gasteiger charge is 2.02. The fraction of sp³-hybridized carbons (Fsp3) is 0.312. The number of halogens is 1. The Morgan fingerprint density at radius 1 is 1.33 bits per heavy atom. The summed E-state index contributed by atoms with van der Waals surface area (Å²) in [7, 11) is 0. The Morgan fingerprint density at radius 3 is 3.00 bits per heavy atom. The van der Waals surface area contributed by atoms with Gasteiger partial charge in [0, 0.05) is 13.2 Å². The molecule has 5 heteroatoms. The summed E-state index contributed by atoms with van der Waals surface area (Å²) in [4.78, 5) is 0. The first-order valence-electron chi connectivity index (χ1n) is 6.79. The van der Waals surface area contributed by atoms with E-state index in [1.807, 2.05) is 18.2 Å². The van der Waals surface area contributed by atoms with Crippen molar-refractivity contribution in [3.8, 4) is 6.07 Å². The maximum atomic E-state index is 13.1. The number of hydrogen-bond acceptors (Lipinski definition) is 4. The third-order valence-corrected chi connectivity index (χ3v) is 2.95. The molecule has 4 nitrogen and oxygen atoms in total. The molecule has 0 spiro atoms. The number of nitriles is 1. The lowest BCUT2D eigenvalue weighted by atomic mass is 10.1. The standard InChI is InChI=1S/C16H17FN2O2/c17-16-5-4-13(9-14(16)10-18)11-19-6-2-7-20-12-15-3-1-8-21-15/h1,3-5,8-9,19H,2,6-7,11-12H2. The number of benzene rings is 1. The van der Waals surface area contributed by atoms with Crippen molar-refractivity contribution >= 4 is 0 Å². The minimum Gasteiger partial charge on any atom is -0.467 e. The van der Waals surface area contributed by atoms with Gasteiger partial charge in [-0.3, -0.25) is 0 Å². The van der Waals surface area contributed by atoms with E-state index in [1.54, 1.807) is 18.4 Å². The quantitative estimate of drug-likeness (QED) is 0.759. The maximum Gasteiger partial charge on any atom is 0.140 e. The highest BCUT2D eigenvalue weighted by Crippen LogP contribution is 2.09. The Labute approximate surface area is 123 Å². The van der Waals surface area contributed by atoms with Crippen molar-refractivity contribution in [2.75, 3.05) is 13.2 Å². The molecule has 0 saturated carbocycles. The lowest BCUT2D eigenvalue weighted by Crippen LogP contribution is -2.16. The smallest absolute Gasteiger partial charge is 0.140 e. The predicted octanol–water partition coefficient (Wildman–Crippen LogP) is 2.99. The third kappa shape index (κ3) is 5.03. The van der Waals surface area contributed by atoms with Crippen LogP contribution in [0.5, 0.6) is 0 Å². The van der Waals surface area contributed by atoms with Crippen molar-refractivity contribution in [2.45, 2.75) is 19.6 Å².